The third kappa shape index (κ3) is 4.41. The number of nitrogens with one attached hydrogen (secondary N) is 1. The zero-order valence-corrected chi connectivity index (χ0v) is 13.1. The summed E-state index contributed by atoms with van der Waals surface area (Å²) < 4.78 is 5.76. The molecule has 1 aromatic carbocycles. The van der Waals surface area contributed by atoms with Gasteiger partial charge in [-0.1, -0.05) is 24.3 Å². The van der Waals surface area contributed by atoms with Crippen LogP contribution in [0, 0.1) is 0 Å². The first-order valence-electron chi connectivity index (χ1n) is 7.24. The molecule has 0 aliphatic carbocycles. The van der Waals surface area contributed by atoms with Crippen molar-refractivity contribution in [2.24, 2.45) is 0 Å². The van der Waals surface area contributed by atoms with E-state index in [-0.39, 0.29) is 0 Å². The second-order valence-corrected chi connectivity index (χ2v) is 6.01. The van der Waals surface area contributed by atoms with Crippen LogP contribution in [0.15, 0.2) is 66.3 Å². The quantitative estimate of drug-likeness (QED) is 0.716. The molecule has 0 bridgehead atoms. The van der Waals surface area contributed by atoms with Crippen LogP contribution in [-0.2, 0) is 19.7 Å². The summed E-state index contributed by atoms with van der Waals surface area (Å²) in [6.45, 7) is 2.29. The van der Waals surface area contributed by atoms with Crippen molar-refractivity contribution in [1.82, 2.24) is 10.3 Å². The molecule has 0 aliphatic rings. The van der Waals surface area contributed by atoms with Crippen LogP contribution in [-0.4, -0.2) is 4.98 Å². The molecule has 2 aromatic heterocycles. The van der Waals surface area contributed by atoms with Crippen molar-refractivity contribution >= 4 is 11.3 Å². The van der Waals surface area contributed by atoms with Gasteiger partial charge in [0.15, 0.2) is 0 Å². The summed E-state index contributed by atoms with van der Waals surface area (Å²) in [5.41, 5.74) is 2.44. The van der Waals surface area contributed by atoms with Crippen molar-refractivity contribution in [2.75, 3.05) is 0 Å². The van der Waals surface area contributed by atoms with Crippen LogP contribution < -0.4 is 10.1 Å². The Morgan fingerprint density at radius 1 is 0.955 bits per heavy atom. The molecule has 2 heterocycles. The van der Waals surface area contributed by atoms with Gasteiger partial charge in [0.25, 0.3) is 0 Å². The van der Waals surface area contributed by atoms with Gasteiger partial charge < -0.3 is 10.1 Å². The predicted molar refractivity (Wildman–Crippen MR) is 89.9 cm³/mol. The van der Waals surface area contributed by atoms with E-state index < -0.39 is 0 Å². The molecule has 1 N–H and O–H groups in total. The molecule has 0 saturated carbocycles. The minimum atomic E-state index is 0.635. The number of thiophene rings is 1. The fraction of sp³-hybridized carbons (Fsp3) is 0.167. The average Bonchev–Trinajstić information content (AvgIpc) is 3.09. The lowest BCUT2D eigenvalue weighted by Gasteiger charge is -2.07. The Labute approximate surface area is 134 Å². The predicted octanol–water partition coefficient (Wildman–Crippen LogP) is 4.01. The average molecular weight is 310 g/mol. The van der Waals surface area contributed by atoms with Crippen LogP contribution in [0.3, 0.4) is 0 Å². The highest BCUT2D eigenvalue weighted by molar-refractivity contribution is 7.09. The molecule has 4 heteroatoms. The van der Waals surface area contributed by atoms with E-state index in [1.54, 1.807) is 17.5 Å². The molecule has 0 aliphatic heterocycles. The lowest BCUT2D eigenvalue weighted by Crippen LogP contribution is -2.12. The summed E-state index contributed by atoms with van der Waals surface area (Å²) in [6, 6.07) is 16.4. The topological polar surface area (TPSA) is 34.2 Å². The van der Waals surface area contributed by atoms with Gasteiger partial charge in [-0.25, -0.2) is 0 Å². The Morgan fingerprint density at radius 2 is 1.82 bits per heavy atom. The Hall–Kier alpha value is -2.17. The van der Waals surface area contributed by atoms with Gasteiger partial charge in [-0.15, -0.1) is 11.3 Å². The number of nitrogens with zero attached hydrogens (tertiary/aromatic N) is 1. The monoisotopic (exact) mass is 310 g/mol. The van der Waals surface area contributed by atoms with Crippen molar-refractivity contribution in [1.29, 1.82) is 0 Å². The molecule has 0 radical (unpaired) electrons. The van der Waals surface area contributed by atoms with E-state index in [1.165, 1.54) is 16.0 Å². The third-order valence-corrected chi connectivity index (χ3v) is 4.12. The maximum absolute atomic E-state index is 5.76. The van der Waals surface area contributed by atoms with Gasteiger partial charge in [-0.05, 0) is 40.8 Å². The fourth-order valence-electron chi connectivity index (χ4n) is 2.11. The van der Waals surface area contributed by atoms with Gasteiger partial charge in [0.05, 0.1) is 0 Å². The second kappa shape index (κ2) is 7.73. The van der Waals surface area contributed by atoms with Crippen LogP contribution in [0.25, 0.3) is 0 Å². The Bertz CT molecular complexity index is 666. The van der Waals surface area contributed by atoms with E-state index in [0.717, 1.165) is 18.8 Å². The molecule has 0 fully saturated rings. The van der Waals surface area contributed by atoms with Crippen LogP contribution >= 0.6 is 11.3 Å². The summed E-state index contributed by atoms with van der Waals surface area (Å²) in [6.07, 6.45) is 3.67. The molecular weight excluding hydrogens is 292 g/mol. The molecule has 3 nitrogen and oxygen atoms in total. The summed E-state index contributed by atoms with van der Waals surface area (Å²) in [5, 5.41) is 5.48. The molecule has 0 saturated heterocycles. The summed E-state index contributed by atoms with van der Waals surface area (Å²) >= 11 is 1.71. The zero-order valence-electron chi connectivity index (χ0n) is 12.2. The SMILES string of the molecule is c1cncc(CNCc2ccc(OCc3cccs3)cc2)c1. The highest BCUT2D eigenvalue weighted by Gasteiger charge is 1.98. The molecule has 0 atom stereocenters. The zero-order chi connectivity index (χ0) is 15.0. The van der Waals surface area contributed by atoms with Crippen LogP contribution in [0.4, 0.5) is 0 Å². The largest absolute Gasteiger partial charge is 0.488 e. The van der Waals surface area contributed by atoms with E-state index in [0.29, 0.717) is 6.61 Å². The van der Waals surface area contributed by atoms with Gasteiger partial charge in [0.1, 0.15) is 12.4 Å². The molecule has 0 unspecified atom stereocenters. The first-order valence-corrected chi connectivity index (χ1v) is 8.12. The number of ether oxygens (including phenoxy) is 1. The Balaban J connectivity index is 1.45. The van der Waals surface area contributed by atoms with Crippen molar-refractivity contribution in [3.05, 3.63) is 82.3 Å². The first-order chi connectivity index (χ1) is 10.9. The van der Waals surface area contributed by atoms with Crippen molar-refractivity contribution < 1.29 is 4.74 Å². The number of hydrogen-bond acceptors (Lipinski definition) is 4. The Kier molecular flexibility index (Phi) is 5.18. The minimum Gasteiger partial charge on any atom is -0.488 e. The van der Waals surface area contributed by atoms with E-state index in [2.05, 4.69) is 39.9 Å². The minimum absolute atomic E-state index is 0.635. The van der Waals surface area contributed by atoms with E-state index in [1.807, 2.05) is 30.5 Å². The summed E-state index contributed by atoms with van der Waals surface area (Å²) in [5.74, 6) is 0.907. The summed E-state index contributed by atoms with van der Waals surface area (Å²) in [4.78, 5) is 5.35. The van der Waals surface area contributed by atoms with E-state index in [9.17, 15) is 0 Å². The van der Waals surface area contributed by atoms with Crippen molar-refractivity contribution in [3.63, 3.8) is 0 Å². The van der Waals surface area contributed by atoms with E-state index in [4.69, 9.17) is 4.74 Å². The number of rotatable bonds is 7. The molecule has 3 aromatic rings. The fourth-order valence-corrected chi connectivity index (χ4v) is 2.72. The number of hydrogen-bond donors (Lipinski definition) is 1. The molecule has 3 rings (SSSR count). The van der Waals surface area contributed by atoms with Crippen molar-refractivity contribution in [2.45, 2.75) is 19.7 Å². The number of aromatic nitrogens is 1. The Morgan fingerprint density at radius 3 is 2.55 bits per heavy atom. The maximum Gasteiger partial charge on any atom is 0.122 e. The van der Waals surface area contributed by atoms with Crippen LogP contribution in [0.2, 0.25) is 0 Å². The van der Waals surface area contributed by atoms with E-state index >= 15 is 0 Å². The van der Waals surface area contributed by atoms with Crippen molar-refractivity contribution in [3.8, 4) is 5.75 Å². The summed E-state index contributed by atoms with van der Waals surface area (Å²) in [7, 11) is 0. The molecule has 112 valence electrons. The highest BCUT2D eigenvalue weighted by atomic mass is 32.1. The molecule has 0 amide bonds. The standard InChI is InChI=1S/C18H18N2OS/c1-3-16(12-19-9-1)13-20-11-15-5-7-17(8-6-15)21-14-18-4-2-10-22-18/h1-10,12,20H,11,13-14H2. The highest BCUT2D eigenvalue weighted by Crippen LogP contribution is 2.16. The number of pyridine rings is 1. The normalized spacial score (nSPS) is 10.5. The number of benzene rings is 1. The first kappa shape index (κ1) is 14.8. The molecule has 0 spiro atoms. The van der Waals surface area contributed by atoms with Gasteiger partial charge in [-0.3, -0.25) is 4.98 Å². The van der Waals surface area contributed by atoms with Crippen LogP contribution in [0.5, 0.6) is 5.75 Å². The lowest BCUT2D eigenvalue weighted by atomic mass is 10.2. The molecular formula is C18H18N2OS. The van der Waals surface area contributed by atoms with Crippen LogP contribution in [0.1, 0.15) is 16.0 Å². The molecule has 22 heavy (non-hydrogen) atoms. The second-order valence-electron chi connectivity index (χ2n) is 4.98. The smallest absolute Gasteiger partial charge is 0.122 e. The van der Waals surface area contributed by atoms with Gasteiger partial charge >= 0.3 is 0 Å². The lowest BCUT2D eigenvalue weighted by molar-refractivity contribution is 0.309. The van der Waals surface area contributed by atoms with Gasteiger partial charge in [0, 0.05) is 30.4 Å². The third-order valence-electron chi connectivity index (χ3n) is 3.27. The van der Waals surface area contributed by atoms with Gasteiger partial charge in [-0.2, -0.15) is 0 Å². The van der Waals surface area contributed by atoms with Gasteiger partial charge in [0.2, 0.25) is 0 Å². The maximum atomic E-state index is 5.76.